The van der Waals surface area contributed by atoms with E-state index in [4.69, 9.17) is 4.42 Å². The van der Waals surface area contributed by atoms with Gasteiger partial charge in [0.05, 0.1) is 5.52 Å². The van der Waals surface area contributed by atoms with Crippen molar-refractivity contribution in [2.75, 3.05) is 25.0 Å². The summed E-state index contributed by atoms with van der Waals surface area (Å²) in [5.41, 5.74) is 1.50. The third-order valence-corrected chi connectivity index (χ3v) is 5.17. The van der Waals surface area contributed by atoms with Gasteiger partial charge in [0.25, 0.3) is 0 Å². The molecule has 8 heteroatoms. The first kappa shape index (κ1) is 19.4. The average Bonchev–Trinajstić information content (AvgIpc) is 3.14. The molecule has 29 heavy (non-hydrogen) atoms. The van der Waals surface area contributed by atoms with Crippen LogP contribution in [0.4, 0.5) is 5.95 Å². The molecule has 1 fully saturated rings. The van der Waals surface area contributed by atoms with E-state index in [1.807, 2.05) is 18.2 Å². The molecule has 3 heterocycles. The summed E-state index contributed by atoms with van der Waals surface area (Å²) < 4.78 is 5.49. The van der Waals surface area contributed by atoms with Gasteiger partial charge in [0.1, 0.15) is 0 Å². The van der Waals surface area contributed by atoms with Crippen molar-refractivity contribution in [1.29, 1.82) is 0 Å². The van der Waals surface area contributed by atoms with Crippen LogP contribution in [0.15, 0.2) is 28.8 Å². The van der Waals surface area contributed by atoms with Crippen LogP contribution in [0.5, 0.6) is 0 Å². The van der Waals surface area contributed by atoms with Crippen LogP contribution in [0.3, 0.4) is 0 Å². The van der Waals surface area contributed by atoms with Crippen molar-refractivity contribution in [3.8, 4) is 11.5 Å². The summed E-state index contributed by atoms with van der Waals surface area (Å²) in [7, 11) is 0. The van der Waals surface area contributed by atoms with E-state index in [1.54, 1.807) is 13.1 Å². The normalized spacial score (nSPS) is 15.9. The molecule has 2 aromatic heterocycles. The van der Waals surface area contributed by atoms with Crippen molar-refractivity contribution in [3.63, 3.8) is 0 Å². The molecule has 1 aliphatic rings. The third-order valence-electron chi connectivity index (χ3n) is 5.17. The highest BCUT2D eigenvalue weighted by Gasteiger charge is 2.25. The number of nitrogens with one attached hydrogen (secondary N) is 1. The molecule has 0 aliphatic carbocycles. The molecule has 4 rings (SSSR count). The number of aromatic nitrogens is 4. The Kier molecular flexibility index (Phi) is 5.53. The number of benzene rings is 1. The highest BCUT2D eigenvalue weighted by molar-refractivity contribution is 5.92. The highest BCUT2D eigenvalue weighted by Crippen LogP contribution is 2.24. The van der Waals surface area contributed by atoms with Crippen LogP contribution in [-0.4, -0.2) is 50.6 Å². The molecule has 0 spiro atoms. The molecule has 1 N–H and O–H groups in total. The van der Waals surface area contributed by atoms with Crippen LogP contribution < -0.4 is 5.32 Å². The highest BCUT2D eigenvalue weighted by atomic mass is 16.4. The topological polar surface area (TPSA) is 97.0 Å². The van der Waals surface area contributed by atoms with Crippen molar-refractivity contribution in [1.82, 2.24) is 25.1 Å². The first-order valence-corrected chi connectivity index (χ1v) is 10.1. The molecular weight excluding hydrogens is 368 g/mol. The summed E-state index contributed by atoms with van der Waals surface area (Å²) in [5, 5.41) is 11.7. The molecule has 1 aromatic carbocycles. The number of amides is 1. The largest absolute Gasteiger partial charge is 0.421 e. The first-order chi connectivity index (χ1) is 14.0. The quantitative estimate of drug-likeness (QED) is 0.709. The summed E-state index contributed by atoms with van der Waals surface area (Å²) in [6, 6.07) is 5.66. The van der Waals surface area contributed by atoms with E-state index in [0.717, 1.165) is 48.9 Å². The number of piperidine rings is 1. The molecule has 3 aromatic rings. The van der Waals surface area contributed by atoms with E-state index in [0.29, 0.717) is 23.6 Å². The van der Waals surface area contributed by atoms with Crippen LogP contribution in [0.2, 0.25) is 0 Å². The van der Waals surface area contributed by atoms with Crippen molar-refractivity contribution >= 4 is 22.8 Å². The zero-order chi connectivity index (χ0) is 20.4. The average molecular weight is 394 g/mol. The predicted octanol–water partition coefficient (Wildman–Crippen LogP) is 3.29. The maximum Gasteiger partial charge on any atom is 0.247 e. The van der Waals surface area contributed by atoms with Crippen LogP contribution in [-0.2, 0) is 4.79 Å². The van der Waals surface area contributed by atoms with Crippen molar-refractivity contribution in [2.24, 2.45) is 11.8 Å². The van der Waals surface area contributed by atoms with Gasteiger partial charge in [-0.1, -0.05) is 19.9 Å². The Morgan fingerprint density at radius 1 is 1.28 bits per heavy atom. The Balaban J connectivity index is 1.44. The maximum atomic E-state index is 12.7. The Labute approximate surface area is 169 Å². The van der Waals surface area contributed by atoms with Gasteiger partial charge in [-0.25, -0.2) is 9.97 Å². The minimum Gasteiger partial charge on any atom is -0.421 e. The molecule has 1 aliphatic heterocycles. The Morgan fingerprint density at radius 2 is 2.07 bits per heavy atom. The van der Waals surface area contributed by atoms with Gasteiger partial charge in [-0.05, 0) is 44.0 Å². The van der Waals surface area contributed by atoms with E-state index >= 15 is 0 Å². The second-order valence-electron chi connectivity index (χ2n) is 8.05. The van der Waals surface area contributed by atoms with Gasteiger partial charge in [0, 0.05) is 36.5 Å². The molecule has 1 saturated heterocycles. The van der Waals surface area contributed by atoms with Gasteiger partial charge in [-0.3, -0.25) is 10.1 Å². The second-order valence-corrected chi connectivity index (χ2v) is 8.05. The minimum atomic E-state index is -0.00257. The minimum absolute atomic E-state index is 0.00257. The molecule has 152 valence electrons. The number of hydrogen-bond donors (Lipinski definition) is 1. The number of likely N-dealkylation sites (tertiary alicyclic amines) is 1. The maximum absolute atomic E-state index is 12.7. The lowest BCUT2D eigenvalue weighted by Gasteiger charge is -2.32. The molecule has 8 nitrogen and oxygen atoms in total. The summed E-state index contributed by atoms with van der Waals surface area (Å²) in [6.07, 6.45) is 3.45. The lowest BCUT2D eigenvalue weighted by atomic mass is 9.95. The van der Waals surface area contributed by atoms with Gasteiger partial charge in [-0.2, -0.15) is 0 Å². The van der Waals surface area contributed by atoms with Gasteiger partial charge in [-0.15, -0.1) is 10.2 Å². The number of carbonyl (C=O) groups is 1. The van der Waals surface area contributed by atoms with Crippen LogP contribution >= 0.6 is 0 Å². The summed E-state index contributed by atoms with van der Waals surface area (Å²) in [6.45, 7) is 9.20. The fourth-order valence-electron chi connectivity index (χ4n) is 3.74. The van der Waals surface area contributed by atoms with Gasteiger partial charge in [0.2, 0.25) is 23.6 Å². The fraction of sp³-hybridized carbons (Fsp3) is 0.476. The first-order valence-electron chi connectivity index (χ1n) is 10.1. The van der Waals surface area contributed by atoms with Gasteiger partial charge >= 0.3 is 0 Å². The summed E-state index contributed by atoms with van der Waals surface area (Å²) in [5.74, 6) is 1.93. The van der Waals surface area contributed by atoms with E-state index in [1.165, 1.54) is 0 Å². The number of fused-ring (bicyclic) bond motifs is 1. The molecule has 0 atom stereocenters. The number of carbonyl (C=O) groups excluding carboxylic acids is 1. The van der Waals surface area contributed by atoms with Crippen molar-refractivity contribution < 1.29 is 9.21 Å². The molecule has 0 bridgehead atoms. The number of aryl methyl sites for hydroxylation is 1. The molecular formula is C21H26N6O2. The van der Waals surface area contributed by atoms with Crippen LogP contribution in [0, 0.1) is 18.8 Å². The predicted molar refractivity (Wildman–Crippen MR) is 110 cm³/mol. The standard InChI is InChI=1S/C21H26N6O2/c1-13(2)12-27-8-6-15(7-9-27)19(28)24-21-22-11-17-5-4-16(10-18(17)23-21)20-26-25-14(3)29-20/h4-5,10-11,13,15H,6-9,12H2,1-3H3,(H,22,23,24,28). The lowest BCUT2D eigenvalue weighted by molar-refractivity contribution is -0.121. The van der Waals surface area contributed by atoms with Crippen molar-refractivity contribution in [3.05, 3.63) is 30.3 Å². The van der Waals surface area contributed by atoms with E-state index < -0.39 is 0 Å². The van der Waals surface area contributed by atoms with Gasteiger partial charge in [0.15, 0.2) is 0 Å². The molecule has 0 unspecified atom stereocenters. The Bertz CT molecular complexity index is 1010. The summed E-state index contributed by atoms with van der Waals surface area (Å²) >= 11 is 0. The number of anilines is 1. The number of nitrogens with zero attached hydrogens (tertiary/aromatic N) is 5. The SMILES string of the molecule is Cc1nnc(-c2ccc3cnc(NC(=O)C4CCN(CC(C)C)CC4)nc3c2)o1. The lowest BCUT2D eigenvalue weighted by Crippen LogP contribution is -2.39. The zero-order valence-corrected chi connectivity index (χ0v) is 17.1. The second kappa shape index (κ2) is 8.24. The Hall–Kier alpha value is -2.87. The summed E-state index contributed by atoms with van der Waals surface area (Å²) in [4.78, 5) is 23.9. The Morgan fingerprint density at radius 3 is 2.76 bits per heavy atom. The van der Waals surface area contributed by atoms with Crippen LogP contribution in [0.25, 0.3) is 22.4 Å². The monoisotopic (exact) mass is 394 g/mol. The molecule has 1 amide bonds. The van der Waals surface area contributed by atoms with E-state index in [9.17, 15) is 4.79 Å². The molecule has 0 saturated carbocycles. The zero-order valence-electron chi connectivity index (χ0n) is 17.1. The number of rotatable bonds is 5. The molecule has 0 radical (unpaired) electrons. The number of hydrogen-bond acceptors (Lipinski definition) is 7. The van der Waals surface area contributed by atoms with Crippen LogP contribution in [0.1, 0.15) is 32.6 Å². The third kappa shape index (κ3) is 4.59. The fourth-order valence-corrected chi connectivity index (χ4v) is 3.74. The van der Waals surface area contributed by atoms with E-state index in [-0.39, 0.29) is 11.8 Å². The van der Waals surface area contributed by atoms with Crippen molar-refractivity contribution in [2.45, 2.75) is 33.6 Å². The van der Waals surface area contributed by atoms with Gasteiger partial charge < -0.3 is 9.32 Å². The smallest absolute Gasteiger partial charge is 0.247 e. The van der Waals surface area contributed by atoms with E-state index in [2.05, 4.69) is 44.2 Å².